The van der Waals surface area contributed by atoms with Crippen LogP contribution in [0.25, 0.3) is 0 Å². The van der Waals surface area contributed by atoms with Crippen molar-refractivity contribution in [2.24, 2.45) is 0 Å². The van der Waals surface area contributed by atoms with Gasteiger partial charge in [-0.05, 0) is 37.1 Å². The first-order chi connectivity index (χ1) is 12.4. The van der Waals surface area contributed by atoms with Gasteiger partial charge < -0.3 is 5.32 Å². The fraction of sp³-hybridized carbons (Fsp3) is 0.200. The second-order valence-corrected chi connectivity index (χ2v) is 6.38. The average Bonchev–Trinajstić information content (AvgIpc) is 2.86. The smallest absolute Gasteiger partial charge is 0.319 e. The molecule has 130 valence electrons. The summed E-state index contributed by atoms with van der Waals surface area (Å²) in [7, 11) is 0. The van der Waals surface area contributed by atoms with Crippen LogP contribution in [0.1, 0.15) is 34.0 Å². The van der Waals surface area contributed by atoms with E-state index in [-0.39, 0.29) is 12.3 Å². The van der Waals surface area contributed by atoms with E-state index in [0.717, 1.165) is 10.5 Å². The number of nitrogens with zero attached hydrogens (tertiary/aromatic N) is 2. The number of nitriles is 1. The summed E-state index contributed by atoms with van der Waals surface area (Å²) < 4.78 is 0. The lowest BCUT2D eigenvalue weighted by molar-refractivity contribution is -0.130. The van der Waals surface area contributed by atoms with Gasteiger partial charge in [-0.3, -0.25) is 14.5 Å². The van der Waals surface area contributed by atoms with Gasteiger partial charge >= 0.3 is 6.03 Å². The molecule has 0 spiro atoms. The van der Waals surface area contributed by atoms with Crippen LogP contribution >= 0.6 is 0 Å². The Morgan fingerprint density at radius 3 is 2.62 bits per heavy atom. The minimum atomic E-state index is -1.31. The molecule has 1 aliphatic heterocycles. The van der Waals surface area contributed by atoms with Gasteiger partial charge in [-0.15, -0.1) is 0 Å². The molecule has 6 nitrogen and oxygen atoms in total. The van der Waals surface area contributed by atoms with Gasteiger partial charge in [0.25, 0.3) is 5.91 Å². The molecular formula is C20H17N3O3. The van der Waals surface area contributed by atoms with Crippen molar-refractivity contribution in [3.05, 3.63) is 70.8 Å². The molecule has 1 heterocycles. The number of urea groups is 1. The molecule has 1 aliphatic rings. The monoisotopic (exact) mass is 347 g/mol. The number of benzene rings is 2. The maximum Gasteiger partial charge on any atom is 0.325 e. The number of carbonyl (C=O) groups is 3. The number of amides is 3. The second kappa shape index (κ2) is 6.45. The average molecular weight is 347 g/mol. The Morgan fingerprint density at radius 1 is 1.19 bits per heavy atom. The van der Waals surface area contributed by atoms with E-state index in [9.17, 15) is 14.4 Å². The number of rotatable bonds is 4. The molecule has 0 aliphatic carbocycles. The van der Waals surface area contributed by atoms with Crippen molar-refractivity contribution in [3.8, 4) is 6.07 Å². The van der Waals surface area contributed by atoms with Crippen LogP contribution in [0.4, 0.5) is 4.79 Å². The Bertz CT molecular complexity index is 961. The van der Waals surface area contributed by atoms with Crippen LogP contribution in [-0.2, 0) is 10.3 Å². The zero-order valence-corrected chi connectivity index (χ0v) is 14.4. The maximum atomic E-state index is 12.9. The second-order valence-electron chi connectivity index (χ2n) is 6.38. The first-order valence-electron chi connectivity index (χ1n) is 8.10. The van der Waals surface area contributed by atoms with E-state index in [1.165, 1.54) is 0 Å². The summed E-state index contributed by atoms with van der Waals surface area (Å²) in [6, 6.07) is 14.9. The van der Waals surface area contributed by atoms with Gasteiger partial charge in [-0.25, -0.2) is 4.79 Å². The molecule has 1 atom stereocenters. The number of aryl methyl sites for hydroxylation is 1. The molecule has 1 fully saturated rings. The number of hydrogen-bond donors (Lipinski definition) is 1. The van der Waals surface area contributed by atoms with Gasteiger partial charge in [-0.1, -0.05) is 36.4 Å². The molecule has 0 unspecified atom stereocenters. The summed E-state index contributed by atoms with van der Waals surface area (Å²) in [4.78, 5) is 38.7. The molecule has 26 heavy (non-hydrogen) atoms. The van der Waals surface area contributed by atoms with E-state index in [1.807, 2.05) is 12.1 Å². The largest absolute Gasteiger partial charge is 0.325 e. The summed E-state index contributed by atoms with van der Waals surface area (Å²) in [6.45, 7) is 3.04. The molecule has 3 amide bonds. The van der Waals surface area contributed by atoms with Crippen molar-refractivity contribution in [1.29, 1.82) is 5.26 Å². The van der Waals surface area contributed by atoms with Crippen LogP contribution in [0.5, 0.6) is 0 Å². The first kappa shape index (κ1) is 17.4. The van der Waals surface area contributed by atoms with Gasteiger partial charge in [0.15, 0.2) is 5.78 Å². The highest BCUT2D eigenvalue weighted by molar-refractivity contribution is 6.11. The van der Waals surface area contributed by atoms with E-state index < -0.39 is 17.5 Å². The summed E-state index contributed by atoms with van der Waals surface area (Å²) >= 11 is 0. The predicted octanol–water partition coefficient (Wildman–Crippen LogP) is 2.52. The van der Waals surface area contributed by atoms with Crippen LogP contribution in [0.3, 0.4) is 0 Å². The van der Waals surface area contributed by atoms with Gasteiger partial charge in [0.1, 0.15) is 5.54 Å². The van der Waals surface area contributed by atoms with Crippen LogP contribution in [0, 0.1) is 18.3 Å². The van der Waals surface area contributed by atoms with Crippen molar-refractivity contribution in [2.45, 2.75) is 19.4 Å². The molecule has 3 rings (SSSR count). The van der Waals surface area contributed by atoms with Gasteiger partial charge in [0.05, 0.1) is 18.2 Å². The van der Waals surface area contributed by atoms with Crippen molar-refractivity contribution in [3.63, 3.8) is 0 Å². The van der Waals surface area contributed by atoms with Crippen molar-refractivity contribution in [2.75, 3.05) is 6.54 Å². The Morgan fingerprint density at radius 2 is 1.92 bits per heavy atom. The number of ketones is 1. The van der Waals surface area contributed by atoms with E-state index in [4.69, 9.17) is 5.26 Å². The zero-order chi connectivity index (χ0) is 18.9. The summed E-state index contributed by atoms with van der Waals surface area (Å²) in [5.74, 6) is -0.818. The summed E-state index contributed by atoms with van der Waals surface area (Å²) in [6.07, 6.45) is 0. The molecule has 2 aromatic rings. The van der Waals surface area contributed by atoms with Gasteiger partial charge in [0.2, 0.25) is 0 Å². The molecule has 6 heteroatoms. The Labute approximate surface area is 151 Å². The maximum absolute atomic E-state index is 12.9. The third kappa shape index (κ3) is 2.84. The minimum absolute atomic E-state index is 0.304. The fourth-order valence-electron chi connectivity index (χ4n) is 3.05. The molecular weight excluding hydrogens is 330 g/mol. The van der Waals surface area contributed by atoms with Crippen molar-refractivity contribution < 1.29 is 14.4 Å². The Hall–Kier alpha value is -3.46. The number of Topliss-reactive ketones (excluding diaryl/α,β-unsaturated/α-hetero) is 1. The Balaban J connectivity index is 1.88. The van der Waals surface area contributed by atoms with E-state index in [0.29, 0.717) is 16.7 Å². The third-order valence-electron chi connectivity index (χ3n) is 4.59. The van der Waals surface area contributed by atoms with Gasteiger partial charge in [0, 0.05) is 5.56 Å². The van der Waals surface area contributed by atoms with Gasteiger partial charge in [-0.2, -0.15) is 5.26 Å². The number of imide groups is 1. The summed E-state index contributed by atoms with van der Waals surface area (Å²) in [5, 5.41) is 11.7. The SMILES string of the molecule is Cc1ccccc1C(=O)CN1C(=O)N[C@](C)(c2cccc(C#N)c2)C1=O. The van der Waals surface area contributed by atoms with Crippen molar-refractivity contribution >= 4 is 17.7 Å². The molecule has 0 bridgehead atoms. The van der Waals surface area contributed by atoms with Crippen LogP contribution < -0.4 is 5.32 Å². The van der Waals surface area contributed by atoms with Crippen LogP contribution in [0.2, 0.25) is 0 Å². The van der Waals surface area contributed by atoms with E-state index in [1.54, 1.807) is 56.3 Å². The van der Waals surface area contributed by atoms with E-state index in [2.05, 4.69) is 5.32 Å². The summed E-state index contributed by atoms with van der Waals surface area (Å²) in [5.41, 5.74) is 0.846. The highest BCUT2D eigenvalue weighted by Gasteiger charge is 2.49. The molecule has 1 saturated heterocycles. The zero-order valence-electron chi connectivity index (χ0n) is 14.4. The Kier molecular flexibility index (Phi) is 4.31. The molecule has 2 aromatic carbocycles. The highest BCUT2D eigenvalue weighted by Crippen LogP contribution is 2.29. The lowest BCUT2D eigenvalue weighted by atomic mass is 9.91. The minimum Gasteiger partial charge on any atom is -0.319 e. The fourth-order valence-corrected chi connectivity index (χ4v) is 3.05. The lowest BCUT2D eigenvalue weighted by Crippen LogP contribution is -2.41. The lowest BCUT2D eigenvalue weighted by Gasteiger charge is -2.22. The number of hydrogen-bond acceptors (Lipinski definition) is 4. The number of nitrogens with one attached hydrogen (secondary N) is 1. The molecule has 0 radical (unpaired) electrons. The normalized spacial score (nSPS) is 19.2. The highest BCUT2D eigenvalue weighted by atomic mass is 16.2. The molecule has 0 aromatic heterocycles. The van der Waals surface area contributed by atoms with Crippen LogP contribution in [0.15, 0.2) is 48.5 Å². The topological polar surface area (TPSA) is 90.3 Å². The number of carbonyl (C=O) groups excluding carboxylic acids is 3. The molecule has 1 N–H and O–H groups in total. The standard InChI is InChI=1S/C20H17N3O3/c1-13-6-3-4-9-16(13)17(24)12-23-18(25)20(2,22-19(23)26)15-8-5-7-14(10-15)11-21/h3-10H,12H2,1-2H3,(H,22,26)/t20-/m1/s1. The van der Waals surface area contributed by atoms with E-state index >= 15 is 0 Å². The first-order valence-corrected chi connectivity index (χ1v) is 8.10. The van der Waals surface area contributed by atoms with Crippen LogP contribution in [-0.4, -0.2) is 29.2 Å². The molecule has 0 saturated carbocycles. The van der Waals surface area contributed by atoms with Crippen molar-refractivity contribution in [1.82, 2.24) is 10.2 Å². The third-order valence-corrected chi connectivity index (χ3v) is 4.59. The predicted molar refractivity (Wildman–Crippen MR) is 94.3 cm³/mol. The quantitative estimate of drug-likeness (QED) is 0.680.